The fraction of sp³-hybridized carbons (Fsp3) is 0.240. The van der Waals surface area contributed by atoms with E-state index in [1.807, 2.05) is 24.5 Å². The molecule has 0 bridgehead atoms. The van der Waals surface area contributed by atoms with Crippen LogP contribution in [-0.2, 0) is 19.5 Å². The number of rotatable bonds is 6. The van der Waals surface area contributed by atoms with Crippen LogP contribution in [0.25, 0.3) is 22.0 Å². The van der Waals surface area contributed by atoms with E-state index in [2.05, 4.69) is 64.6 Å². The van der Waals surface area contributed by atoms with Crippen LogP contribution in [0.2, 0.25) is 0 Å². The van der Waals surface area contributed by atoms with Gasteiger partial charge in [-0.3, -0.25) is 0 Å². The first-order chi connectivity index (χ1) is 15.2. The quantitative estimate of drug-likeness (QED) is 0.510. The molecule has 1 N–H and O–H groups in total. The van der Waals surface area contributed by atoms with Crippen molar-refractivity contribution in [1.29, 1.82) is 0 Å². The smallest absolute Gasteiger partial charge is 0.137 e. The number of ether oxygens (including phenoxy) is 1. The largest absolute Gasteiger partial charge is 0.493 e. The molecule has 0 atom stereocenters. The summed E-state index contributed by atoms with van der Waals surface area (Å²) in [6.45, 7) is 2.35. The number of pyridine rings is 1. The number of nitrogens with one attached hydrogen (secondary N) is 1. The van der Waals surface area contributed by atoms with Gasteiger partial charge in [-0.1, -0.05) is 36.4 Å². The molecule has 5 rings (SSSR count). The lowest BCUT2D eigenvalue weighted by atomic mass is 10.0. The van der Waals surface area contributed by atoms with Crippen LogP contribution < -0.4 is 10.1 Å². The van der Waals surface area contributed by atoms with Crippen molar-refractivity contribution in [1.82, 2.24) is 19.9 Å². The van der Waals surface area contributed by atoms with Gasteiger partial charge in [0.25, 0.3) is 0 Å². The highest BCUT2D eigenvalue weighted by Gasteiger charge is 2.16. The van der Waals surface area contributed by atoms with Crippen molar-refractivity contribution in [2.75, 3.05) is 26.0 Å². The summed E-state index contributed by atoms with van der Waals surface area (Å²) in [5.41, 5.74) is 6.80. The third-order valence-corrected chi connectivity index (χ3v) is 5.59. The SMILES string of the molecule is CN(C)Cc1ccc(-c2cnc(NCc3cccc4c3CCO4)c3cncnc23)cc1. The lowest BCUT2D eigenvalue weighted by Gasteiger charge is -2.13. The first kappa shape index (κ1) is 19.5. The second-order valence-electron chi connectivity index (χ2n) is 8.09. The Balaban J connectivity index is 1.45. The predicted octanol–water partition coefficient (Wildman–Crippen LogP) is 4.30. The number of anilines is 1. The molecule has 2 aromatic carbocycles. The molecule has 31 heavy (non-hydrogen) atoms. The molecular formula is C25H25N5O. The summed E-state index contributed by atoms with van der Waals surface area (Å²) in [5, 5.41) is 4.41. The number of aromatic nitrogens is 3. The molecule has 1 aliphatic rings. The summed E-state index contributed by atoms with van der Waals surface area (Å²) in [4.78, 5) is 15.7. The minimum atomic E-state index is 0.683. The lowest BCUT2D eigenvalue weighted by Crippen LogP contribution is -2.10. The standard InChI is InChI=1S/C25H25N5O/c1-30(2)15-17-6-8-18(9-7-17)21-14-28-25(22-13-26-16-29-24(21)22)27-12-19-4-3-5-23-20(19)10-11-31-23/h3-9,13-14,16H,10-12,15H2,1-2H3,(H,27,28). The number of fused-ring (bicyclic) bond motifs is 2. The van der Waals surface area contributed by atoms with Crippen molar-refractivity contribution in [3.05, 3.63) is 77.9 Å². The van der Waals surface area contributed by atoms with E-state index in [1.165, 1.54) is 16.7 Å². The Labute approximate surface area is 181 Å². The second kappa shape index (κ2) is 8.32. The van der Waals surface area contributed by atoms with Gasteiger partial charge in [-0.05, 0) is 36.9 Å². The monoisotopic (exact) mass is 411 g/mol. The molecule has 0 unspecified atom stereocenters. The predicted molar refractivity (Wildman–Crippen MR) is 123 cm³/mol. The molecule has 0 radical (unpaired) electrons. The highest BCUT2D eigenvalue weighted by molar-refractivity contribution is 5.98. The number of hydrogen-bond donors (Lipinski definition) is 1. The third kappa shape index (κ3) is 3.94. The van der Waals surface area contributed by atoms with Crippen LogP contribution >= 0.6 is 0 Å². The van der Waals surface area contributed by atoms with Gasteiger partial charge in [-0.25, -0.2) is 15.0 Å². The zero-order valence-corrected chi connectivity index (χ0v) is 17.8. The van der Waals surface area contributed by atoms with Gasteiger partial charge in [0.05, 0.1) is 17.5 Å². The van der Waals surface area contributed by atoms with E-state index in [1.54, 1.807) is 6.33 Å². The molecule has 0 spiro atoms. The molecule has 2 aromatic heterocycles. The zero-order chi connectivity index (χ0) is 21.2. The summed E-state index contributed by atoms with van der Waals surface area (Å²) < 4.78 is 5.69. The zero-order valence-electron chi connectivity index (χ0n) is 17.8. The molecular weight excluding hydrogens is 386 g/mol. The molecule has 4 aromatic rings. The molecule has 6 nitrogen and oxygen atoms in total. The van der Waals surface area contributed by atoms with E-state index in [0.717, 1.165) is 53.2 Å². The van der Waals surface area contributed by atoms with Crippen molar-refractivity contribution >= 4 is 16.7 Å². The van der Waals surface area contributed by atoms with E-state index in [9.17, 15) is 0 Å². The molecule has 156 valence electrons. The molecule has 0 amide bonds. The Bertz CT molecular complexity index is 1220. The van der Waals surface area contributed by atoms with Gasteiger partial charge in [-0.2, -0.15) is 0 Å². The fourth-order valence-electron chi connectivity index (χ4n) is 4.12. The van der Waals surface area contributed by atoms with E-state index < -0.39 is 0 Å². The topological polar surface area (TPSA) is 63.2 Å². The van der Waals surface area contributed by atoms with Crippen molar-refractivity contribution < 1.29 is 4.74 Å². The van der Waals surface area contributed by atoms with E-state index >= 15 is 0 Å². The van der Waals surface area contributed by atoms with Crippen LogP contribution in [0.4, 0.5) is 5.82 Å². The Morgan fingerprint density at radius 3 is 2.74 bits per heavy atom. The average Bonchev–Trinajstić information content (AvgIpc) is 3.27. The maximum atomic E-state index is 5.69. The second-order valence-corrected chi connectivity index (χ2v) is 8.09. The number of hydrogen-bond acceptors (Lipinski definition) is 6. The molecule has 1 aliphatic heterocycles. The highest BCUT2D eigenvalue weighted by atomic mass is 16.5. The molecule has 3 heterocycles. The Kier molecular flexibility index (Phi) is 5.22. The Morgan fingerprint density at radius 1 is 1.03 bits per heavy atom. The van der Waals surface area contributed by atoms with Gasteiger partial charge in [0, 0.05) is 43.0 Å². The summed E-state index contributed by atoms with van der Waals surface area (Å²) in [6.07, 6.45) is 6.28. The van der Waals surface area contributed by atoms with E-state index in [0.29, 0.717) is 6.54 Å². The maximum Gasteiger partial charge on any atom is 0.137 e. The van der Waals surface area contributed by atoms with Crippen LogP contribution in [0.15, 0.2) is 61.2 Å². The van der Waals surface area contributed by atoms with Crippen molar-refractivity contribution in [3.63, 3.8) is 0 Å². The summed E-state index contributed by atoms with van der Waals surface area (Å²) in [7, 11) is 4.15. The maximum absolute atomic E-state index is 5.69. The molecule has 6 heteroatoms. The summed E-state index contributed by atoms with van der Waals surface area (Å²) in [6, 6.07) is 14.8. The van der Waals surface area contributed by atoms with Gasteiger partial charge in [0.2, 0.25) is 0 Å². The van der Waals surface area contributed by atoms with Gasteiger partial charge >= 0.3 is 0 Å². The van der Waals surface area contributed by atoms with E-state index in [4.69, 9.17) is 9.72 Å². The van der Waals surface area contributed by atoms with Crippen LogP contribution in [0, 0.1) is 0 Å². The first-order valence-electron chi connectivity index (χ1n) is 10.5. The molecule has 0 saturated carbocycles. The van der Waals surface area contributed by atoms with Crippen LogP contribution in [-0.4, -0.2) is 40.6 Å². The van der Waals surface area contributed by atoms with Gasteiger partial charge in [-0.15, -0.1) is 0 Å². The highest BCUT2D eigenvalue weighted by Crippen LogP contribution is 2.32. The average molecular weight is 412 g/mol. The van der Waals surface area contributed by atoms with Gasteiger partial charge in [0.1, 0.15) is 17.9 Å². The van der Waals surface area contributed by atoms with Crippen molar-refractivity contribution in [3.8, 4) is 16.9 Å². The lowest BCUT2D eigenvalue weighted by molar-refractivity contribution is 0.357. The first-order valence-corrected chi connectivity index (χ1v) is 10.5. The Hall–Kier alpha value is -3.51. The molecule has 0 saturated heterocycles. The van der Waals surface area contributed by atoms with Crippen molar-refractivity contribution in [2.45, 2.75) is 19.5 Å². The number of nitrogens with zero attached hydrogens (tertiary/aromatic N) is 4. The summed E-state index contributed by atoms with van der Waals surface area (Å²) >= 11 is 0. The number of benzene rings is 2. The normalized spacial score (nSPS) is 12.7. The minimum Gasteiger partial charge on any atom is -0.493 e. The fourth-order valence-corrected chi connectivity index (χ4v) is 4.12. The van der Waals surface area contributed by atoms with Gasteiger partial charge < -0.3 is 15.0 Å². The molecule has 0 fully saturated rings. The van der Waals surface area contributed by atoms with Crippen LogP contribution in [0.5, 0.6) is 5.75 Å². The Morgan fingerprint density at radius 2 is 1.90 bits per heavy atom. The molecule has 0 aliphatic carbocycles. The van der Waals surface area contributed by atoms with Crippen LogP contribution in [0.1, 0.15) is 16.7 Å². The minimum absolute atomic E-state index is 0.683. The van der Waals surface area contributed by atoms with E-state index in [-0.39, 0.29) is 0 Å². The third-order valence-electron chi connectivity index (χ3n) is 5.59. The summed E-state index contributed by atoms with van der Waals surface area (Å²) in [5.74, 6) is 1.79. The van der Waals surface area contributed by atoms with Crippen molar-refractivity contribution in [2.24, 2.45) is 0 Å². The van der Waals surface area contributed by atoms with Gasteiger partial charge in [0.15, 0.2) is 0 Å². The van der Waals surface area contributed by atoms with Crippen LogP contribution in [0.3, 0.4) is 0 Å².